The fourth-order valence-corrected chi connectivity index (χ4v) is 3.20. The van der Waals surface area contributed by atoms with Gasteiger partial charge in [0.25, 0.3) is 0 Å². The van der Waals surface area contributed by atoms with Gasteiger partial charge >= 0.3 is 6.03 Å². The molecular weight excluding hydrogens is 226 g/mol. The van der Waals surface area contributed by atoms with Gasteiger partial charge in [-0.3, -0.25) is 0 Å². The van der Waals surface area contributed by atoms with Crippen LogP contribution in [0.25, 0.3) is 0 Å². The zero-order valence-corrected chi connectivity index (χ0v) is 11.3. The molecule has 0 heterocycles. The SMILES string of the molecule is NC1CCCCC1CNC(=O)NC1CCCCC1. The van der Waals surface area contributed by atoms with Crippen LogP contribution in [0.2, 0.25) is 0 Å². The molecule has 4 heteroatoms. The quantitative estimate of drug-likeness (QED) is 0.721. The van der Waals surface area contributed by atoms with Crippen molar-refractivity contribution in [1.29, 1.82) is 0 Å². The Morgan fingerprint density at radius 2 is 1.67 bits per heavy atom. The highest BCUT2D eigenvalue weighted by atomic mass is 16.2. The average molecular weight is 253 g/mol. The van der Waals surface area contributed by atoms with Gasteiger partial charge in [0.15, 0.2) is 0 Å². The molecule has 0 aromatic carbocycles. The van der Waals surface area contributed by atoms with E-state index in [1.54, 1.807) is 0 Å². The van der Waals surface area contributed by atoms with Crippen LogP contribution in [0.1, 0.15) is 57.8 Å². The second-order valence-electron chi connectivity index (χ2n) is 5.90. The van der Waals surface area contributed by atoms with E-state index in [2.05, 4.69) is 10.6 Å². The third-order valence-electron chi connectivity index (χ3n) is 4.43. The van der Waals surface area contributed by atoms with Crippen molar-refractivity contribution in [2.45, 2.75) is 69.9 Å². The number of rotatable bonds is 3. The van der Waals surface area contributed by atoms with E-state index in [0.29, 0.717) is 12.0 Å². The summed E-state index contributed by atoms with van der Waals surface area (Å²) in [6, 6.07) is 0.659. The van der Waals surface area contributed by atoms with Crippen LogP contribution in [0.4, 0.5) is 4.79 Å². The summed E-state index contributed by atoms with van der Waals surface area (Å²) in [6.07, 6.45) is 10.8. The van der Waals surface area contributed by atoms with Crippen molar-refractivity contribution in [3.63, 3.8) is 0 Å². The van der Waals surface area contributed by atoms with Crippen LogP contribution in [0.3, 0.4) is 0 Å². The minimum atomic E-state index is -0.000302. The second kappa shape index (κ2) is 6.98. The number of urea groups is 1. The lowest BCUT2D eigenvalue weighted by molar-refractivity contribution is 0.226. The Balaban J connectivity index is 1.64. The molecule has 2 atom stereocenters. The van der Waals surface area contributed by atoms with Crippen LogP contribution in [-0.2, 0) is 0 Å². The van der Waals surface area contributed by atoms with E-state index in [1.807, 2.05) is 0 Å². The molecule has 2 aliphatic carbocycles. The third-order valence-corrected chi connectivity index (χ3v) is 4.43. The number of carbonyl (C=O) groups excluding carboxylic acids is 1. The van der Waals surface area contributed by atoms with Crippen LogP contribution >= 0.6 is 0 Å². The standard InChI is InChI=1S/C14H27N3O/c15-13-9-5-4-6-11(13)10-16-14(18)17-12-7-2-1-3-8-12/h11-13H,1-10,15H2,(H2,16,17,18). The molecule has 0 aromatic rings. The molecule has 0 aliphatic heterocycles. The van der Waals surface area contributed by atoms with Gasteiger partial charge in [-0.25, -0.2) is 4.79 Å². The van der Waals surface area contributed by atoms with Crippen molar-refractivity contribution in [1.82, 2.24) is 10.6 Å². The van der Waals surface area contributed by atoms with Crippen molar-refractivity contribution >= 4 is 6.03 Å². The van der Waals surface area contributed by atoms with Crippen LogP contribution in [0.5, 0.6) is 0 Å². The molecule has 2 saturated carbocycles. The first-order chi connectivity index (χ1) is 8.75. The van der Waals surface area contributed by atoms with Crippen molar-refractivity contribution in [2.24, 2.45) is 11.7 Å². The molecule has 2 unspecified atom stereocenters. The van der Waals surface area contributed by atoms with Gasteiger partial charge in [-0.2, -0.15) is 0 Å². The molecule has 0 radical (unpaired) electrons. The minimum absolute atomic E-state index is 0.000302. The van der Waals surface area contributed by atoms with E-state index >= 15 is 0 Å². The summed E-state index contributed by atoms with van der Waals surface area (Å²) in [5.41, 5.74) is 6.08. The molecule has 0 aromatic heterocycles. The number of hydrogen-bond acceptors (Lipinski definition) is 2. The largest absolute Gasteiger partial charge is 0.338 e. The summed E-state index contributed by atoms with van der Waals surface area (Å²) in [5, 5.41) is 6.08. The monoisotopic (exact) mass is 253 g/mol. The lowest BCUT2D eigenvalue weighted by atomic mass is 9.85. The fourth-order valence-electron chi connectivity index (χ4n) is 3.20. The summed E-state index contributed by atoms with van der Waals surface area (Å²) < 4.78 is 0. The summed E-state index contributed by atoms with van der Waals surface area (Å²) in [6.45, 7) is 0.736. The molecule has 4 N–H and O–H groups in total. The van der Waals surface area contributed by atoms with E-state index in [0.717, 1.165) is 32.2 Å². The van der Waals surface area contributed by atoms with E-state index in [-0.39, 0.29) is 12.1 Å². The lowest BCUT2D eigenvalue weighted by Crippen LogP contribution is -2.47. The van der Waals surface area contributed by atoms with Gasteiger partial charge in [-0.05, 0) is 31.6 Å². The van der Waals surface area contributed by atoms with Gasteiger partial charge in [-0.15, -0.1) is 0 Å². The Labute approximate surface area is 110 Å². The Morgan fingerprint density at radius 3 is 2.39 bits per heavy atom. The summed E-state index contributed by atoms with van der Waals surface area (Å²) in [5.74, 6) is 0.468. The molecule has 2 aliphatic rings. The summed E-state index contributed by atoms with van der Waals surface area (Å²) in [4.78, 5) is 11.8. The Bertz CT molecular complexity index is 264. The molecule has 2 fully saturated rings. The first-order valence-electron chi connectivity index (χ1n) is 7.55. The van der Waals surface area contributed by atoms with Crippen molar-refractivity contribution in [3.05, 3.63) is 0 Å². The van der Waals surface area contributed by atoms with E-state index in [9.17, 15) is 4.79 Å². The second-order valence-corrected chi connectivity index (χ2v) is 5.90. The molecule has 0 spiro atoms. The van der Waals surface area contributed by atoms with Crippen LogP contribution in [0.15, 0.2) is 0 Å². The Morgan fingerprint density at radius 1 is 1.00 bits per heavy atom. The first-order valence-corrected chi connectivity index (χ1v) is 7.55. The van der Waals surface area contributed by atoms with Gasteiger partial charge in [0.1, 0.15) is 0 Å². The van der Waals surface area contributed by atoms with Gasteiger partial charge in [0.2, 0.25) is 0 Å². The molecule has 4 nitrogen and oxygen atoms in total. The normalized spacial score (nSPS) is 29.8. The number of nitrogens with one attached hydrogen (secondary N) is 2. The van der Waals surface area contributed by atoms with Crippen LogP contribution in [0, 0.1) is 5.92 Å². The molecule has 18 heavy (non-hydrogen) atoms. The van der Waals surface area contributed by atoms with Gasteiger partial charge in [0.05, 0.1) is 0 Å². The molecule has 2 rings (SSSR count). The Hall–Kier alpha value is -0.770. The maximum Gasteiger partial charge on any atom is 0.315 e. The maximum absolute atomic E-state index is 11.8. The zero-order valence-electron chi connectivity index (χ0n) is 11.3. The van der Waals surface area contributed by atoms with Crippen molar-refractivity contribution < 1.29 is 4.79 Å². The zero-order chi connectivity index (χ0) is 12.8. The number of hydrogen-bond donors (Lipinski definition) is 3. The highest BCUT2D eigenvalue weighted by Gasteiger charge is 2.22. The predicted octanol–water partition coefficient (Wildman–Crippen LogP) is 2.14. The highest BCUT2D eigenvalue weighted by Crippen LogP contribution is 2.22. The van der Waals surface area contributed by atoms with Crippen molar-refractivity contribution in [3.8, 4) is 0 Å². The van der Waals surface area contributed by atoms with Crippen LogP contribution < -0.4 is 16.4 Å². The first kappa shape index (κ1) is 13.7. The number of amides is 2. The average Bonchev–Trinajstić information content (AvgIpc) is 2.39. The topological polar surface area (TPSA) is 67.1 Å². The van der Waals surface area contributed by atoms with Gasteiger partial charge in [-0.1, -0.05) is 32.1 Å². The maximum atomic E-state index is 11.8. The van der Waals surface area contributed by atoms with E-state index < -0.39 is 0 Å². The van der Waals surface area contributed by atoms with Crippen molar-refractivity contribution in [2.75, 3.05) is 6.54 Å². The summed E-state index contributed by atoms with van der Waals surface area (Å²) >= 11 is 0. The molecule has 0 saturated heterocycles. The third kappa shape index (κ3) is 4.16. The Kier molecular flexibility index (Phi) is 5.29. The fraction of sp³-hybridized carbons (Fsp3) is 0.929. The molecule has 104 valence electrons. The molecule has 0 bridgehead atoms. The smallest absolute Gasteiger partial charge is 0.315 e. The van der Waals surface area contributed by atoms with Gasteiger partial charge in [0, 0.05) is 18.6 Å². The lowest BCUT2D eigenvalue weighted by Gasteiger charge is -2.29. The predicted molar refractivity (Wildman–Crippen MR) is 73.3 cm³/mol. The van der Waals surface area contributed by atoms with Crippen LogP contribution in [-0.4, -0.2) is 24.7 Å². The minimum Gasteiger partial charge on any atom is -0.338 e. The summed E-state index contributed by atoms with van der Waals surface area (Å²) in [7, 11) is 0. The highest BCUT2D eigenvalue weighted by molar-refractivity contribution is 5.74. The van der Waals surface area contributed by atoms with E-state index in [4.69, 9.17) is 5.73 Å². The molecule has 2 amide bonds. The van der Waals surface area contributed by atoms with Gasteiger partial charge < -0.3 is 16.4 Å². The number of carbonyl (C=O) groups is 1. The van der Waals surface area contributed by atoms with E-state index in [1.165, 1.54) is 32.1 Å². The number of nitrogens with two attached hydrogens (primary N) is 1. The molecular formula is C14H27N3O.